The van der Waals surface area contributed by atoms with Gasteiger partial charge in [0.1, 0.15) is 23.7 Å². The lowest BCUT2D eigenvalue weighted by Crippen LogP contribution is -3.01. The standard InChI is InChI=1S/C41H47N3O2/c1-2-8-25(9-3-1)39-42-40(44-41(43-39)28-17-20-31-30-10-4-6-12-33(30)46-36(31)23-28)27-16-19-29-26(22-27)15-14-24-18-21-35-38(37(24)29)32-11-5-7-13-34(32)45-35/h4-5,7-8,10-11,13,17-18,20-21,23-24,27,30,33,35,37-44H,1-3,6,9,12,14-16,19,22H2/p+1. The van der Waals surface area contributed by atoms with Crippen molar-refractivity contribution in [3.63, 3.8) is 0 Å². The van der Waals surface area contributed by atoms with Crippen LogP contribution in [0.5, 0.6) is 11.5 Å². The third-order valence-corrected chi connectivity index (χ3v) is 12.9. The SMILES string of the molecule is C1=CC2c3ccc(C4NC(C5CCC6=C(CCC7C=CC8Oc9ccccc9C8C67)C5)NC(C5=CCCCC5)[NH2+]4)cc3OC2CC1. The maximum Gasteiger partial charge on any atom is 0.169 e. The third kappa shape index (κ3) is 4.60. The molecular weight excluding hydrogens is 566 g/mol. The van der Waals surface area contributed by atoms with E-state index in [9.17, 15) is 0 Å². The Bertz CT molecular complexity index is 1650. The number of hydrogen-bond donors (Lipinski definition) is 3. The lowest BCUT2D eigenvalue weighted by Gasteiger charge is -2.47. The molecule has 3 heterocycles. The van der Waals surface area contributed by atoms with Gasteiger partial charge in [0.25, 0.3) is 0 Å². The molecule has 0 spiro atoms. The van der Waals surface area contributed by atoms with Crippen molar-refractivity contribution in [2.45, 2.75) is 113 Å². The Morgan fingerprint density at radius 2 is 1.72 bits per heavy atom. The largest absolute Gasteiger partial charge is 0.489 e. The highest BCUT2D eigenvalue weighted by Crippen LogP contribution is 2.56. The van der Waals surface area contributed by atoms with E-state index < -0.39 is 0 Å². The van der Waals surface area contributed by atoms with Crippen molar-refractivity contribution in [3.8, 4) is 11.5 Å². The summed E-state index contributed by atoms with van der Waals surface area (Å²) in [4.78, 5) is 0. The molecule has 46 heavy (non-hydrogen) atoms. The van der Waals surface area contributed by atoms with Crippen LogP contribution >= 0.6 is 0 Å². The summed E-state index contributed by atoms with van der Waals surface area (Å²) in [6.07, 6.45) is 27.1. The Kier molecular flexibility index (Phi) is 6.83. The van der Waals surface area contributed by atoms with E-state index in [-0.39, 0.29) is 12.3 Å². The van der Waals surface area contributed by atoms with E-state index in [1.807, 2.05) is 0 Å². The van der Waals surface area contributed by atoms with Crippen LogP contribution in [0.25, 0.3) is 0 Å². The zero-order valence-corrected chi connectivity index (χ0v) is 26.9. The molecule has 10 atom stereocenters. The first kappa shape index (κ1) is 27.9. The molecule has 0 bridgehead atoms. The second-order valence-electron chi connectivity index (χ2n) is 15.4. The minimum atomic E-state index is 0.196. The summed E-state index contributed by atoms with van der Waals surface area (Å²) in [5.74, 6) is 4.97. The number of benzene rings is 2. The molecular formula is C41H48N3O2+. The normalized spacial score (nSPS) is 38.7. The molecule has 2 aromatic carbocycles. The minimum absolute atomic E-state index is 0.196. The Morgan fingerprint density at radius 1 is 0.761 bits per heavy atom. The number of quaternary nitrogens is 1. The molecule has 8 aliphatic rings. The number of para-hydroxylation sites is 1. The maximum absolute atomic E-state index is 6.54. The summed E-state index contributed by atoms with van der Waals surface area (Å²) in [5, 5.41) is 10.9. The molecule has 5 heteroatoms. The molecule has 2 aromatic rings. The maximum atomic E-state index is 6.54. The second-order valence-corrected chi connectivity index (χ2v) is 15.4. The van der Waals surface area contributed by atoms with E-state index in [0.29, 0.717) is 48.0 Å². The van der Waals surface area contributed by atoms with Gasteiger partial charge in [0.15, 0.2) is 12.3 Å². The van der Waals surface area contributed by atoms with Gasteiger partial charge in [0.2, 0.25) is 0 Å². The van der Waals surface area contributed by atoms with Gasteiger partial charge < -0.3 is 14.8 Å². The van der Waals surface area contributed by atoms with Crippen molar-refractivity contribution in [2.75, 3.05) is 0 Å². The summed E-state index contributed by atoms with van der Waals surface area (Å²) < 4.78 is 13.0. The van der Waals surface area contributed by atoms with Crippen molar-refractivity contribution >= 4 is 0 Å². The minimum Gasteiger partial charge on any atom is -0.489 e. The van der Waals surface area contributed by atoms with Gasteiger partial charge >= 0.3 is 0 Å². The first-order valence-electron chi connectivity index (χ1n) is 18.4. The van der Waals surface area contributed by atoms with Crippen LogP contribution in [0.4, 0.5) is 0 Å². The molecule has 4 N–H and O–H groups in total. The lowest BCUT2D eigenvalue weighted by molar-refractivity contribution is -0.741. The van der Waals surface area contributed by atoms with Crippen molar-refractivity contribution in [1.82, 2.24) is 10.6 Å². The van der Waals surface area contributed by atoms with Gasteiger partial charge in [-0.3, -0.25) is 0 Å². The lowest BCUT2D eigenvalue weighted by atomic mass is 9.60. The van der Waals surface area contributed by atoms with Gasteiger partial charge in [0.05, 0.1) is 6.17 Å². The molecule has 1 fully saturated rings. The van der Waals surface area contributed by atoms with Crippen LogP contribution in [0.2, 0.25) is 0 Å². The fourth-order valence-electron chi connectivity index (χ4n) is 10.7. The topological polar surface area (TPSA) is 59.1 Å². The van der Waals surface area contributed by atoms with E-state index in [4.69, 9.17) is 9.47 Å². The summed E-state index contributed by atoms with van der Waals surface area (Å²) in [6, 6.07) is 15.9. The van der Waals surface area contributed by atoms with Crippen molar-refractivity contribution in [1.29, 1.82) is 0 Å². The third-order valence-electron chi connectivity index (χ3n) is 12.9. The quantitative estimate of drug-likeness (QED) is 0.325. The van der Waals surface area contributed by atoms with Crippen LogP contribution in [0.15, 0.2) is 89.6 Å². The van der Waals surface area contributed by atoms with Gasteiger partial charge in [-0.05, 0) is 112 Å². The molecule has 0 aromatic heterocycles. The zero-order chi connectivity index (χ0) is 30.2. The monoisotopic (exact) mass is 614 g/mol. The average molecular weight is 615 g/mol. The van der Waals surface area contributed by atoms with Crippen LogP contribution in [0.1, 0.15) is 105 Å². The summed E-state index contributed by atoms with van der Waals surface area (Å²) in [6.45, 7) is 0. The van der Waals surface area contributed by atoms with E-state index in [2.05, 4.69) is 88.8 Å². The molecule has 1 saturated heterocycles. The van der Waals surface area contributed by atoms with Gasteiger partial charge in [0, 0.05) is 28.5 Å². The number of fused-ring (bicyclic) bond motifs is 9. The second kappa shape index (κ2) is 11.2. The van der Waals surface area contributed by atoms with Crippen molar-refractivity contribution < 1.29 is 14.8 Å². The molecule has 5 aliphatic carbocycles. The fourth-order valence-corrected chi connectivity index (χ4v) is 10.7. The number of nitrogens with two attached hydrogens (primary N) is 1. The van der Waals surface area contributed by atoms with E-state index in [0.717, 1.165) is 24.3 Å². The van der Waals surface area contributed by atoms with Crippen molar-refractivity contribution in [2.24, 2.45) is 17.8 Å². The summed E-state index contributed by atoms with van der Waals surface area (Å²) >= 11 is 0. The highest BCUT2D eigenvalue weighted by atomic mass is 16.5. The van der Waals surface area contributed by atoms with Gasteiger partial charge in [-0.15, -0.1) is 0 Å². The van der Waals surface area contributed by atoms with Crippen LogP contribution in [0, 0.1) is 17.8 Å². The van der Waals surface area contributed by atoms with Gasteiger partial charge in [-0.25, -0.2) is 10.6 Å². The van der Waals surface area contributed by atoms with E-state index >= 15 is 0 Å². The number of allylic oxidation sites excluding steroid dienone is 5. The summed E-state index contributed by atoms with van der Waals surface area (Å²) in [5.41, 5.74) is 9.32. The van der Waals surface area contributed by atoms with Crippen LogP contribution in [-0.4, -0.2) is 24.5 Å². The Hall–Kier alpha value is -3.12. The molecule has 0 radical (unpaired) electrons. The zero-order valence-electron chi connectivity index (χ0n) is 26.9. The first-order chi connectivity index (χ1) is 22.8. The fraction of sp³-hybridized carbons (Fsp3) is 0.512. The summed E-state index contributed by atoms with van der Waals surface area (Å²) in [7, 11) is 0. The Balaban J connectivity index is 0.934. The van der Waals surface area contributed by atoms with Gasteiger partial charge in [-0.2, -0.15) is 0 Å². The Labute approximate surface area is 273 Å². The molecule has 10 unspecified atom stereocenters. The van der Waals surface area contributed by atoms with Crippen molar-refractivity contribution in [3.05, 3.63) is 106 Å². The number of hydrogen-bond acceptors (Lipinski definition) is 4. The molecule has 238 valence electrons. The average Bonchev–Trinajstić information content (AvgIpc) is 3.69. The predicted molar refractivity (Wildman–Crippen MR) is 180 cm³/mol. The molecule has 0 saturated carbocycles. The molecule has 10 rings (SSSR count). The first-order valence-corrected chi connectivity index (χ1v) is 18.4. The molecule has 0 amide bonds. The van der Waals surface area contributed by atoms with E-state index in [1.165, 1.54) is 74.5 Å². The number of ether oxygens (including phenoxy) is 2. The van der Waals surface area contributed by atoms with Crippen LogP contribution < -0.4 is 25.4 Å². The molecule has 5 nitrogen and oxygen atoms in total. The van der Waals surface area contributed by atoms with E-state index in [1.54, 1.807) is 16.7 Å². The number of rotatable bonds is 3. The predicted octanol–water partition coefficient (Wildman–Crippen LogP) is 7.03. The van der Waals surface area contributed by atoms with Crippen LogP contribution in [-0.2, 0) is 0 Å². The smallest absolute Gasteiger partial charge is 0.169 e. The highest BCUT2D eigenvalue weighted by molar-refractivity contribution is 5.48. The van der Waals surface area contributed by atoms with Crippen LogP contribution in [0.3, 0.4) is 0 Å². The highest BCUT2D eigenvalue weighted by Gasteiger charge is 2.49. The van der Waals surface area contributed by atoms with Gasteiger partial charge in [-0.1, -0.05) is 65.8 Å². The number of nitrogens with one attached hydrogen (secondary N) is 2. The molecule has 3 aliphatic heterocycles. The Morgan fingerprint density at radius 3 is 2.67 bits per heavy atom.